The third-order valence-corrected chi connectivity index (χ3v) is 4.11. The molecule has 0 rings (SSSR count). The Labute approximate surface area is 118 Å². The van der Waals surface area contributed by atoms with Crippen LogP contribution in [0.4, 0.5) is 0 Å². The molecule has 0 saturated carbocycles. The lowest BCUT2D eigenvalue weighted by atomic mass is 9.83. The van der Waals surface area contributed by atoms with Crippen molar-refractivity contribution in [3.05, 3.63) is 0 Å². The van der Waals surface area contributed by atoms with E-state index < -0.39 is 0 Å². The molecule has 0 aromatic heterocycles. The highest BCUT2D eigenvalue weighted by Gasteiger charge is 2.26. The third-order valence-electron chi connectivity index (χ3n) is 4.11. The van der Waals surface area contributed by atoms with Crippen molar-refractivity contribution in [1.82, 2.24) is 5.32 Å². The molecule has 0 radical (unpaired) electrons. The molecule has 0 saturated heterocycles. The molecule has 4 heteroatoms. The molecule has 0 aliphatic heterocycles. The number of nitrogens with two attached hydrogens (primary N) is 1. The molecule has 0 aliphatic carbocycles. The first-order chi connectivity index (χ1) is 8.92. The van der Waals surface area contributed by atoms with Crippen LogP contribution < -0.4 is 11.1 Å². The maximum absolute atomic E-state index is 11.9. The third kappa shape index (κ3) is 6.92. The second-order valence-electron chi connectivity index (χ2n) is 6.08. The number of aliphatic hydroxyl groups excluding tert-OH is 1. The van der Waals surface area contributed by atoms with Gasteiger partial charge in [-0.2, -0.15) is 0 Å². The summed E-state index contributed by atoms with van der Waals surface area (Å²) in [6.45, 7) is 9.61. The molecule has 0 bridgehead atoms. The predicted molar refractivity (Wildman–Crippen MR) is 79.7 cm³/mol. The zero-order valence-electron chi connectivity index (χ0n) is 13.0. The highest BCUT2D eigenvalue weighted by Crippen LogP contribution is 2.24. The van der Waals surface area contributed by atoms with Gasteiger partial charge < -0.3 is 16.2 Å². The fourth-order valence-electron chi connectivity index (χ4n) is 2.33. The first-order valence-electron chi connectivity index (χ1n) is 7.50. The fraction of sp³-hybridized carbons (Fsp3) is 0.933. The minimum atomic E-state index is -0.175. The van der Waals surface area contributed by atoms with E-state index in [4.69, 9.17) is 5.73 Å². The van der Waals surface area contributed by atoms with E-state index in [9.17, 15) is 9.90 Å². The van der Waals surface area contributed by atoms with Gasteiger partial charge in [0, 0.05) is 18.4 Å². The quantitative estimate of drug-likeness (QED) is 0.568. The summed E-state index contributed by atoms with van der Waals surface area (Å²) in [6.07, 6.45) is 3.21. The summed E-state index contributed by atoms with van der Waals surface area (Å²) in [6, 6.07) is 0. The standard InChI is InChI=1S/C15H32N2O2/c1-5-15(6-2,11-18)10-17-14(19)8-13(9-16)7-12(3)4/h12-13,18H,5-11,16H2,1-4H3,(H,17,19). The average Bonchev–Trinajstić information content (AvgIpc) is 2.39. The molecule has 0 aromatic carbocycles. The Morgan fingerprint density at radius 3 is 2.26 bits per heavy atom. The molecule has 0 heterocycles. The highest BCUT2D eigenvalue weighted by molar-refractivity contribution is 5.76. The first-order valence-corrected chi connectivity index (χ1v) is 7.50. The van der Waals surface area contributed by atoms with Crippen LogP contribution in [0, 0.1) is 17.3 Å². The molecule has 0 aliphatic rings. The molecule has 1 unspecified atom stereocenters. The molecule has 1 atom stereocenters. The fourth-order valence-corrected chi connectivity index (χ4v) is 2.33. The number of rotatable bonds is 10. The summed E-state index contributed by atoms with van der Waals surface area (Å²) in [5, 5.41) is 12.4. The summed E-state index contributed by atoms with van der Waals surface area (Å²) < 4.78 is 0. The second-order valence-corrected chi connectivity index (χ2v) is 6.08. The molecule has 0 aromatic rings. The normalized spacial score (nSPS) is 13.6. The van der Waals surface area contributed by atoms with Crippen molar-refractivity contribution in [2.24, 2.45) is 23.0 Å². The van der Waals surface area contributed by atoms with Crippen molar-refractivity contribution in [3.8, 4) is 0 Å². The number of nitrogens with one attached hydrogen (secondary N) is 1. The van der Waals surface area contributed by atoms with E-state index in [1.165, 1.54) is 0 Å². The number of aliphatic hydroxyl groups is 1. The van der Waals surface area contributed by atoms with Gasteiger partial charge in [-0.3, -0.25) is 4.79 Å². The van der Waals surface area contributed by atoms with Crippen molar-refractivity contribution >= 4 is 5.91 Å². The Bertz CT molecular complexity index is 242. The van der Waals surface area contributed by atoms with E-state index in [2.05, 4.69) is 19.2 Å². The monoisotopic (exact) mass is 272 g/mol. The van der Waals surface area contributed by atoms with Gasteiger partial charge in [-0.15, -0.1) is 0 Å². The van der Waals surface area contributed by atoms with Gasteiger partial charge in [-0.1, -0.05) is 27.7 Å². The van der Waals surface area contributed by atoms with E-state index in [0.29, 0.717) is 25.4 Å². The maximum atomic E-state index is 11.9. The molecular formula is C15H32N2O2. The number of hydrogen-bond donors (Lipinski definition) is 3. The second kappa shape index (κ2) is 9.32. The van der Waals surface area contributed by atoms with Crippen LogP contribution in [-0.4, -0.2) is 30.7 Å². The lowest BCUT2D eigenvalue weighted by Crippen LogP contribution is -2.40. The van der Waals surface area contributed by atoms with E-state index >= 15 is 0 Å². The number of hydrogen-bond acceptors (Lipinski definition) is 3. The summed E-state index contributed by atoms with van der Waals surface area (Å²) in [7, 11) is 0. The Hall–Kier alpha value is -0.610. The van der Waals surface area contributed by atoms with Gasteiger partial charge >= 0.3 is 0 Å². The van der Waals surface area contributed by atoms with Gasteiger partial charge in [0.05, 0.1) is 6.61 Å². The van der Waals surface area contributed by atoms with Gasteiger partial charge in [0.25, 0.3) is 0 Å². The van der Waals surface area contributed by atoms with Crippen LogP contribution in [0.5, 0.6) is 0 Å². The van der Waals surface area contributed by atoms with Gasteiger partial charge in [0.2, 0.25) is 5.91 Å². The summed E-state index contributed by atoms with van der Waals surface area (Å²) in [4.78, 5) is 11.9. The molecule has 4 N–H and O–H groups in total. The minimum Gasteiger partial charge on any atom is -0.396 e. The van der Waals surface area contributed by atoms with Crippen molar-refractivity contribution in [1.29, 1.82) is 0 Å². The number of carbonyl (C=O) groups is 1. The molecular weight excluding hydrogens is 240 g/mol. The van der Waals surface area contributed by atoms with E-state index in [-0.39, 0.29) is 23.8 Å². The van der Waals surface area contributed by atoms with Crippen LogP contribution in [0.15, 0.2) is 0 Å². The van der Waals surface area contributed by atoms with Crippen LogP contribution in [0.2, 0.25) is 0 Å². The van der Waals surface area contributed by atoms with Crippen LogP contribution in [0.25, 0.3) is 0 Å². The van der Waals surface area contributed by atoms with Crippen LogP contribution in [0.3, 0.4) is 0 Å². The SMILES string of the molecule is CCC(CC)(CO)CNC(=O)CC(CN)CC(C)C. The topological polar surface area (TPSA) is 75.3 Å². The maximum Gasteiger partial charge on any atom is 0.220 e. The Balaban J connectivity index is 4.23. The van der Waals surface area contributed by atoms with Crippen LogP contribution >= 0.6 is 0 Å². The number of carbonyl (C=O) groups excluding carboxylic acids is 1. The van der Waals surface area contributed by atoms with E-state index in [0.717, 1.165) is 19.3 Å². The van der Waals surface area contributed by atoms with Gasteiger partial charge in [-0.05, 0) is 37.6 Å². The Kier molecular flexibility index (Phi) is 9.02. The molecule has 1 amide bonds. The van der Waals surface area contributed by atoms with Crippen molar-refractivity contribution in [2.75, 3.05) is 19.7 Å². The molecule has 19 heavy (non-hydrogen) atoms. The molecule has 4 nitrogen and oxygen atoms in total. The Morgan fingerprint density at radius 2 is 1.89 bits per heavy atom. The summed E-state index contributed by atoms with van der Waals surface area (Å²) in [5.41, 5.74) is 5.54. The summed E-state index contributed by atoms with van der Waals surface area (Å²) in [5.74, 6) is 0.867. The smallest absolute Gasteiger partial charge is 0.220 e. The minimum absolute atomic E-state index is 0.0517. The van der Waals surface area contributed by atoms with E-state index in [1.807, 2.05) is 13.8 Å². The number of amides is 1. The van der Waals surface area contributed by atoms with Crippen molar-refractivity contribution in [2.45, 2.75) is 53.4 Å². The lowest BCUT2D eigenvalue weighted by molar-refractivity contribution is -0.122. The molecule has 0 fully saturated rings. The van der Waals surface area contributed by atoms with E-state index in [1.54, 1.807) is 0 Å². The zero-order chi connectivity index (χ0) is 14.9. The highest BCUT2D eigenvalue weighted by atomic mass is 16.3. The van der Waals surface area contributed by atoms with Crippen molar-refractivity contribution in [3.63, 3.8) is 0 Å². The first kappa shape index (κ1) is 18.4. The lowest BCUT2D eigenvalue weighted by Gasteiger charge is -2.29. The zero-order valence-corrected chi connectivity index (χ0v) is 13.0. The van der Waals surface area contributed by atoms with Crippen LogP contribution in [-0.2, 0) is 4.79 Å². The van der Waals surface area contributed by atoms with Gasteiger partial charge in [0.15, 0.2) is 0 Å². The summed E-state index contributed by atoms with van der Waals surface area (Å²) >= 11 is 0. The average molecular weight is 272 g/mol. The van der Waals surface area contributed by atoms with Crippen LogP contribution in [0.1, 0.15) is 53.4 Å². The predicted octanol–water partition coefficient (Wildman–Crippen LogP) is 1.91. The Morgan fingerprint density at radius 1 is 1.32 bits per heavy atom. The molecule has 0 spiro atoms. The molecule has 114 valence electrons. The van der Waals surface area contributed by atoms with Crippen molar-refractivity contribution < 1.29 is 9.90 Å². The van der Waals surface area contributed by atoms with Gasteiger partial charge in [0.1, 0.15) is 0 Å². The largest absolute Gasteiger partial charge is 0.396 e. The van der Waals surface area contributed by atoms with Gasteiger partial charge in [-0.25, -0.2) is 0 Å².